The first kappa shape index (κ1) is 19.3. The van der Waals surface area contributed by atoms with E-state index in [4.69, 9.17) is 9.11 Å². The number of rotatable bonds is 4. The Morgan fingerprint density at radius 2 is 0.950 bits per heavy atom. The smallest absolute Gasteiger partial charge is 0.283 e. The lowest BCUT2D eigenvalue weighted by atomic mass is 10.2. The van der Waals surface area contributed by atoms with Gasteiger partial charge in [-0.15, -0.1) is 0 Å². The van der Waals surface area contributed by atoms with Gasteiger partial charge in [0, 0.05) is 0 Å². The fourth-order valence-corrected chi connectivity index (χ4v) is 2.11. The summed E-state index contributed by atoms with van der Waals surface area (Å²) in [5.74, 6) is -7.60. The summed E-state index contributed by atoms with van der Waals surface area (Å²) < 4.78 is 155. The van der Waals surface area contributed by atoms with Gasteiger partial charge in [0.15, 0.2) is 0 Å². The highest BCUT2D eigenvalue weighted by Gasteiger charge is 2.89. The molecule has 0 radical (unpaired) electrons. The SMILES string of the molecule is O=S(=O)(O)C(F)(F)C(F)(F)C(F)(C(F)(F)F)S(=O)(=O)O. The van der Waals surface area contributed by atoms with Crippen LogP contribution < -0.4 is 0 Å². The van der Waals surface area contributed by atoms with Crippen molar-refractivity contribution in [2.45, 2.75) is 22.4 Å². The van der Waals surface area contributed by atoms with Crippen LogP contribution in [0.4, 0.5) is 35.1 Å². The van der Waals surface area contributed by atoms with Crippen LogP contribution in [0, 0.1) is 0 Å². The molecular formula is C4H2F8O6S2. The molecule has 0 amide bonds. The summed E-state index contributed by atoms with van der Waals surface area (Å²) >= 11 is 0. The predicted octanol–water partition coefficient (Wildman–Crippen LogP) is 1.22. The van der Waals surface area contributed by atoms with Gasteiger partial charge in [0.1, 0.15) is 0 Å². The maximum Gasteiger partial charge on any atom is 0.446 e. The molecule has 0 spiro atoms. The van der Waals surface area contributed by atoms with Crippen molar-refractivity contribution in [2.75, 3.05) is 0 Å². The Hall–Kier alpha value is -0.740. The molecule has 0 aliphatic heterocycles. The minimum atomic E-state index is -7.62. The van der Waals surface area contributed by atoms with Crippen LogP contribution in [0.1, 0.15) is 0 Å². The van der Waals surface area contributed by atoms with Gasteiger partial charge >= 0.3 is 42.6 Å². The summed E-state index contributed by atoms with van der Waals surface area (Å²) in [6, 6.07) is 0. The van der Waals surface area contributed by atoms with Crippen molar-refractivity contribution in [1.82, 2.24) is 0 Å². The summed E-state index contributed by atoms with van der Waals surface area (Å²) in [7, 11) is -15.0. The highest BCUT2D eigenvalue weighted by molar-refractivity contribution is 7.88. The Kier molecular flexibility index (Phi) is 4.21. The van der Waals surface area contributed by atoms with E-state index in [1.807, 2.05) is 0 Å². The van der Waals surface area contributed by atoms with Crippen LogP contribution in [0.2, 0.25) is 0 Å². The van der Waals surface area contributed by atoms with Gasteiger partial charge in [-0.05, 0) is 0 Å². The maximum absolute atomic E-state index is 13.0. The molecule has 2 N–H and O–H groups in total. The van der Waals surface area contributed by atoms with Crippen molar-refractivity contribution < 1.29 is 61.1 Å². The highest BCUT2D eigenvalue weighted by Crippen LogP contribution is 2.55. The van der Waals surface area contributed by atoms with Crippen molar-refractivity contribution in [1.29, 1.82) is 0 Å². The van der Waals surface area contributed by atoms with Gasteiger partial charge < -0.3 is 0 Å². The molecule has 0 saturated heterocycles. The molecule has 16 heteroatoms. The van der Waals surface area contributed by atoms with E-state index in [0.717, 1.165) is 0 Å². The molecule has 0 aliphatic carbocycles. The van der Waals surface area contributed by atoms with Gasteiger partial charge in [-0.1, -0.05) is 0 Å². The molecule has 122 valence electrons. The first-order chi connectivity index (χ1) is 8.25. The van der Waals surface area contributed by atoms with E-state index in [-0.39, 0.29) is 0 Å². The highest BCUT2D eigenvalue weighted by atomic mass is 32.2. The Morgan fingerprint density at radius 1 is 0.650 bits per heavy atom. The summed E-state index contributed by atoms with van der Waals surface area (Å²) in [4.78, 5) is 0. The molecule has 0 heterocycles. The van der Waals surface area contributed by atoms with Gasteiger partial charge in [-0.25, -0.2) is 4.39 Å². The number of alkyl halides is 8. The quantitative estimate of drug-likeness (QED) is 0.575. The molecule has 0 aliphatic rings. The predicted molar refractivity (Wildman–Crippen MR) is 42.9 cm³/mol. The second-order valence-electron chi connectivity index (χ2n) is 3.13. The third-order valence-corrected chi connectivity index (χ3v) is 3.92. The second-order valence-corrected chi connectivity index (χ2v) is 6.11. The Morgan fingerprint density at radius 3 is 1.10 bits per heavy atom. The van der Waals surface area contributed by atoms with Crippen LogP contribution in [0.5, 0.6) is 0 Å². The number of hydrogen-bond acceptors (Lipinski definition) is 4. The summed E-state index contributed by atoms with van der Waals surface area (Å²) in [6.45, 7) is 0. The fraction of sp³-hybridized carbons (Fsp3) is 1.00. The van der Waals surface area contributed by atoms with Crippen LogP contribution in [0.25, 0.3) is 0 Å². The third-order valence-electron chi connectivity index (χ3n) is 1.81. The summed E-state index contributed by atoms with van der Waals surface area (Å²) in [5.41, 5.74) is 0. The third kappa shape index (κ3) is 2.33. The van der Waals surface area contributed by atoms with Crippen LogP contribution in [0.15, 0.2) is 0 Å². The first-order valence-electron chi connectivity index (χ1n) is 3.70. The monoisotopic (exact) mass is 362 g/mol. The van der Waals surface area contributed by atoms with E-state index in [1.54, 1.807) is 0 Å². The summed E-state index contributed by atoms with van der Waals surface area (Å²) in [6.07, 6.45) is -7.36. The Bertz CT molecular complexity index is 589. The minimum Gasteiger partial charge on any atom is -0.283 e. The Balaban J connectivity index is 6.70. The zero-order valence-corrected chi connectivity index (χ0v) is 10.0. The van der Waals surface area contributed by atoms with Crippen LogP contribution in [-0.4, -0.2) is 48.3 Å². The molecule has 1 unspecified atom stereocenters. The standard InChI is InChI=1S/C4H2F8O6S2/c5-1(6,4(11,12)20(16,17)18)2(7,3(8,9)10)19(13,14)15/h(H,13,14,15)(H,16,17,18). The molecule has 20 heavy (non-hydrogen) atoms. The van der Waals surface area contributed by atoms with E-state index in [9.17, 15) is 52.0 Å². The van der Waals surface area contributed by atoms with Gasteiger partial charge in [-0.2, -0.15) is 47.6 Å². The lowest BCUT2D eigenvalue weighted by Gasteiger charge is -2.34. The van der Waals surface area contributed by atoms with E-state index in [1.165, 1.54) is 0 Å². The van der Waals surface area contributed by atoms with E-state index in [2.05, 4.69) is 0 Å². The molecular weight excluding hydrogens is 360 g/mol. The number of halogens is 8. The minimum absolute atomic E-state index is 7.21. The average molecular weight is 362 g/mol. The zero-order chi connectivity index (χ0) is 17.0. The molecule has 6 nitrogen and oxygen atoms in total. The molecule has 0 rings (SSSR count). The van der Waals surface area contributed by atoms with Crippen molar-refractivity contribution >= 4 is 20.2 Å². The van der Waals surface area contributed by atoms with E-state index < -0.39 is 42.6 Å². The molecule has 0 fully saturated rings. The summed E-state index contributed by atoms with van der Waals surface area (Å²) in [5, 5.41) is -14.6. The fourth-order valence-electron chi connectivity index (χ4n) is 0.835. The van der Waals surface area contributed by atoms with Gasteiger partial charge in [0.2, 0.25) is 0 Å². The van der Waals surface area contributed by atoms with Crippen molar-refractivity contribution in [3.8, 4) is 0 Å². The molecule has 0 aromatic carbocycles. The van der Waals surface area contributed by atoms with Crippen molar-refractivity contribution in [2.24, 2.45) is 0 Å². The molecule has 1 atom stereocenters. The number of hydrogen-bond donors (Lipinski definition) is 2. The van der Waals surface area contributed by atoms with E-state index >= 15 is 0 Å². The second kappa shape index (κ2) is 4.38. The van der Waals surface area contributed by atoms with E-state index in [0.29, 0.717) is 0 Å². The molecule has 0 saturated carbocycles. The lowest BCUT2D eigenvalue weighted by Crippen LogP contribution is -2.68. The Labute approximate surface area is 104 Å². The molecule has 0 aromatic rings. The lowest BCUT2D eigenvalue weighted by molar-refractivity contribution is -0.305. The molecule has 0 bridgehead atoms. The van der Waals surface area contributed by atoms with Gasteiger partial charge in [0.25, 0.3) is 0 Å². The van der Waals surface area contributed by atoms with Crippen LogP contribution in [0.3, 0.4) is 0 Å². The van der Waals surface area contributed by atoms with Crippen molar-refractivity contribution in [3.63, 3.8) is 0 Å². The topological polar surface area (TPSA) is 109 Å². The van der Waals surface area contributed by atoms with Gasteiger partial charge in [-0.3, -0.25) is 9.11 Å². The van der Waals surface area contributed by atoms with Gasteiger partial charge in [0.05, 0.1) is 0 Å². The molecule has 0 aromatic heterocycles. The largest absolute Gasteiger partial charge is 0.446 e. The van der Waals surface area contributed by atoms with Crippen LogP contribution >= 0.6 is 0 Å². The first-order valence-corrected chi connectivity index (χ1v) is 6.58. The normalized spacial score (nSPS) is 18.7. The van der Waals surface area contributed by atoms with Crippen molar-refractivity contribution in [3.05, 3.63) is 0 Å². The maximum atomic E-state index is 13.0. The zero-order valence-electron chi connectivity index (χ0n) is 8.37. The average Bonchev–Trinajstić information content (AvgIpc) is 2.10. The van der Waals surface area contributed by atoms with Crippen LogP contribution in [-0.2, 0) is 20.2 Å².